The van der Waals surface area contributed by atoms with Crippen molar-refractivity contribution in [1.82, 2.24) is 27.3 Å². The average Bonchev–Trinajstić information content (AvgIpc) is 3.21. The molecule has 0 radical (unpaired) electrons. The summed E-state index contributed by atoms with van der Waals surface area (Å²) in [6.45, 7) is 8.18. The number of hydrogen-bond acceptors (Lipinski definition) is 6. The molecule has 2 aromatic carbocycles. The van der Waals surface area contributed by atoms with Gasteiger partial charge in [-0.1, -0.05) is 18.2 Å². The molecule has 1 saturated heterocycles. The third kappa shape index (κ3) is 5.76. The number of aromatic amines is 1. The number of para-hydroxylation sites is 1. The van der Waals surface area contributed by atoms with Crippen molar-refractivity contribution in [3.05, 3.63) is 64.6 Å². The quantitative estimate of drug-likeness (QED) is 0.180. The van der Waals surface area contributed by atoms with Gasteiger partial charge < -0.3 is 4.90 Å². The van der Waals surface area contributed by atoms with Crippen molar-refractivity contribution in [2.45, 2.75) is 20.3 Å². The van der Waals surface area contributed by atoms with Crippen LogP contribution in [0.15, 0.2) is 58.3 Å². The second kappa shape index (κ2) is 11.7. The molecule has 193 valence electrons. The molecule has 1 fully saturated rings. The van der Waals surface area contributed by atoms with Crippen LogP contribution in [-0.2, 0) is 26.4 Å². The van der Waals surface area contributed by atoms with E-state index in [1.165, 1.54) is 0 Å². The molecule has 4 aromatic rings. The van der Waals surface area contributed by atoms with Crippen LogP contribution in [0.3, 0.4) is 0 Å². The van der Waals surface area contributed by atoms with Crippen LogP contribution in [0.25, 0.3) is 22.4 Å². The molecule has 3 heterocycles. The van der Waals surface area contributed by atoms with Crippen LogP contribution in [0.1, 0.15) is 19.0 Å². The first-order valence-electron chi connectivity index (χ1n) is 12.8. The van der Waals surface area contributed by atoms with Crippen molar-refractivity contribution in [1.29, 1.82) is 0 Å². The van der Waals surface area contributed by atoms with Crippen LogP contribution in [0.4, 0.5) is 11.4 Å². The van der Waals surface area contributed by atoms with Gasteiger partial charge in [0.05, 0.1) is 0 Å². The number of fused-ring (bicyclic) bond motifs is 1. The summed E-state index contributed by atoms with van der Waals surface area (Å²) in [5.74, 6) is 1.91. The number of benzene rings is 2. The average molecular weight is 700 g/mol. The fourth-order valence-electron chi connectivity index (χ4n) is 4.45. The van der Waals surface area contributed by atoms with Crippen molar-refractivity contribution >= 4 is 28.4 Å². The molecule has 2 N–H and O–H groups in total. The third-order valence-corrected chi connectivity index (χ3v) is 8.29. The molecule has 1 aliphatic heterocycles. The van der Waals surface area contributed by atoms with Gasteiger partial charge in [0.15, 0.2) is 0 Å². The van der Waals surface area contributed by atoms with Gasteiger partial charge in [0.1, 0.15) is 0 Å². The first-order valence-corrected chi connectivity index (χ1v) is 15.3. The van der Waals surface area contributed by atoms with Crippen molar-refractivity contribution < 1.29 is 31.2 Å². The predicted molar refractivity (Wildman–Crippen MR) is 146 cm³/mol. The number of rotatable bonds is 6. The van der Waals surface area contributed by atoms with E-state index in [0.29, 0.717) is 34.8 Å². The van der Waals surface area contributed by atoms with Crippen LogP contribution >= 0.6 is 0 Å². The van der Waals surface area contributed by atoms with E-state index >= 15 is 0 Å². The molecule has 1 aliphatic rings. The Hall–Kier alpha value is -3.24. The maximum atomic E-state index is 13.0. The summed E-state index contributed by atoms with van der Waals surface area (Å²) in [4.78, 5) is 30.3. The summed E-state index contributed by atoms with van der Waals surface area (Å²) in [6.07, 6.45) is 0.869. The fraction of sp³-hybridized carbons (Fsp3) is 0.333. The molecular formula is C27H31HgN8O2. The number of likely N-dealkylation sites (N-methyl/N-ethyl adjacent to an activating group) is 1. The van der Waals surface area contributed by atoms with Crippen LogP contribution < -0.4 is 15.6 Å². The van der Waals surface area contributed by atoms with Crippen LogP contribution in [0, 0.1) is 6.92 Å². The number of anilines is 1. The number of aliphatic imine (C=N–C) groups is 1. The number of aryl methyl sites for hydroxylation is 1. The molecule has 2 aromatic heterocycles. The van der Waals surface area contributed by atoms with Gasteiger partial charge >= 0.3 is 184 Å². The van der Waals surface area contributed by atoms with Gasteiger partial charge in [-0.2, -0.15) is 0 Å². The summed E-state index contributed by atoms with van der Waals surface area (Å²) >= 11 is 0.144. The zero-order valence-corrected chi connectivity index (χ0v) is 27.6. The topological polar surface area (TPSA) is 104 Å². The van der Waals surface area contributed by atoms with Gasteiger partial charge in [0, 0.05) is 13.1 Å². The van der Waals surface area contributed by atoms with Crippen molar-refractivity contribution in [3.63, 3.8) is 0 Å². The van der Waals surface area contributed by atoms with E-state index in [2.05, 4.69) is 39.2 Å². The SMILES string of the molecule is CCCOc1ccc(NC(=Nc2ccccc2)N2CCN(C)CC2)cc1-c1nc2c(C)n[n]([Hg])c2c(=O)[nH]1. The first kappa shape index (κ1) is 26.4. The Labute approximate surface area is 238 Å². The number of H-pyrrole nitrogens is 1. The van der Waals surface area contributed by atoms with Crippen LogP contribution in [-0.4, -0.2) is 73.1 Å². The number of ether oxygens (including phenoxy) is 1. The zero-order valence-electron chi connectivity index (χ0n) is 22.1. The van der Waals surface area contributed by atoms with Gasteiger partial charge in [-0.3, -0.25) is 0 Å². The van der Waals surface area contributed by atoms with E-state index in [-0.39, 0.29) is 32.0 Å². The molecule has 0 amide bonds. The number of aromatic nitrogens is 4. The summed E-state index contributed by atoms with van der Waals surface area (Å²) < 4.78 is 7.82. The molecule has 0 aliphatic carbocycles. The standard InChI is InChI=1S/C27H32N8O2.Hg/c1-4-16-37-22-11-10-20(17-21(22)25-30-23-18(2)32-33-24(23)26(36)31-25)29-27(28-19-8-6-5-7-9-19)35-14-12-34(3)13-15-35;/h5-11,17H,4,12-16H2,1-3H3,(H3,28,29,30,31,32,33,36);/q;+1/p-1. The number of guanidine groups is 1. The van der Waals surface area contributed by atoms with Crippen LogP contribution in [0.5, 0.6) is 5.75 Å². The van der Waals surface area contributed by atoms with Gasteiger partial charge in [-0.25, -0.2) is 0 Å². The Bertz CT molecular complexity index is 1510. The van der Waals surface area contributed by atoms with Gasteiger partial charge in [0.2, 0.25) is 0 Å². The molecule has 0 saturated carbocycles. The Balaban J connectivity index is 1.56. The van der Waals surface area contributed by atoms with Crippen molar-refractivity contribution in [2.75, 3.05) is 45.2 Å². The second-order valence-electron chi connectivity index (χ2n) is 9.44. The summed E-state index contributed by atoms with van der Waals surface area (Å²) in [7, 11) is 2.14. The number of piperazine rings is 1. The van der Waals surface area contributed by atoms with Gasteiger partial charge in [0.25, 0.3) is 0 Å². The molecule has 0 spiro atoms. The Morgan fingerprint density at radius 2 is 1.92 bits per heavy atom. The van der Waals surface area contributed by atoms with E-state index in [0.717, 1.165) is 55.6 Å². The number of nitrogens with zero attached hydrogens (tertiary/aromatic N) is 6. The summed E-state index contributed by atoms with van der Waals surface area (Å²) in [5.41, 5.74) is 4.15. The molecule has 38 heavy (non-hydrogen) atoms. The minimum atomic E-state index is -0.191. The Morgan fingerprint density at radius 1 is 1.16 bits per heavy atom. The first-order chi connectivity index (χ1) is 18.4. The van der Waals surface area contributed by atoms with E-state index in [1.54, 1.807) is 2.45 Å². The second-order valence-corrected chi connectivity index (χ2v) is 11.8. The van der Waals surface area contributed by atoms with Crippen molar-refractivity contribution in [3.8, 4) is 17.1 Å². The normalized spacial score (nSPS) is 14.8. The van der Waals surface area contributed by atoms with Gasteiger partial charge in [-0.05, 0) is 19.2 Å². The van der Waals surface area contributed by atoms with Crippen LogP contribution in [0.2, 0.25) is 0 Å². The molecule has 5 rings (SSSR count). The number of hydrogen-bond donors (Lipinski definition) is 2. The van der Waals surface area contributed by atoms with E-state index < -0.39 is 0 Å². The number of nitrogens with one attached hydrogen (secondary N) is 2. The molecule has 11 heteroatoms. The van der Waals surface area contributed by atoms with E-state index in [9.17, 15) is 4.79 Å². The zero-order chi connectivity index (χ0) is 26.6. The maximum absolute atomic E-state index is 13.0. The fourth-order valence-corrected chi connectivity index (χ4v) is 6.41. The third-order valence-electron chi connectivity index (χ3n) is 6.51. The van der Waals surface area contributed by atoms with Crippen molar-refractivity contribution in [2.24, 2.45) is 4.99 Å². The monoisotopic (exact) mass is 701 g/mol. The van der Waals surface area contributed by atoms with Gasteiger partial charge in [-0.15, -0.1) is 0 Å². The minimum absolute atomic E-state index is 0.144. The molecule has 0 atom stereocenters. The summed E-state index contributed by atoms with van der Waals surface area (Å²) in [5, 5.41) is 8.01. The van der Waals surface area contributed by atoms with E-state index in [1.807, 2.05) is 55.5 Å². The Morgan fingerprint density at radius 3 is 2.66 bits per heavy atom. The summed E-state index contributed by atoms with van der Waals surface area (Å²) in [6, 6.07) is 15.8. The molecular weight excluding hydrogens is 669 g/mol. The molecule has 0 unspecified atom stereocenters. The Kier molecular flexibility index (Phi) is 8.08. The molecule has 0 bridgehead atoms. The molecule has 10 nitrogen and oxygen atoms in total. The van der Waals surface area contributed by atoms with E-state index in [4.69, 9.17) is 14.7 Å². The predicted octanol–water partition coefficient (Wildman–Crippen LogP) is 3.54.